The first kappa shape index (κ1) is 16.5. The molecule has 2 N–H and O–H groups in total. The summed E-state index contributed by atoms with van der Waals surface area (Å²) in [6.45, 7) is 7.57. The molecule has 1 fully saturated rings. The summed E-state index contributed by atoms with van der Waals surface area (Å²) in [7, 11) is 0. The molecule has 1 amide bonds. The summed E-state index contributed by atoms with van der Waals surface area (Å²) in [6.07, 6.45) is 9.25. The van der Waals surface area contributed by atoms with Crippen LogP contribution in [0.2, 0.25) is 0 Å². The van der Waals surface area contributed by atoms with Crippen molar-refractivity contribution >= 4 is 5.91 Å². The van der Waals surface area contributed by atoms with Crippen molar-refractivity contribution in [2.75, 3.05) is 19.6 Å². The Morgan fingerprint density at radius 3 is 2.89 bits per heavy atom. The highest BCUT2D eigenvalue weighted by Crippen LogP contribution is 2.16. The molecule has 3 nitrogen and oxygen atoms in total. The van der Waals surface area contributed by atoms with Gasteiger partial charge in [-0.1, -0.05) is 33.1 Å². The molecule has 2 unspecified atom stereocenters. The predicted molar refractivity (Wildman–Crippen MR) is 81.1 cm³/mol. The lowest BCUT2D eigenvalue weighted by Crippen LogP contribution is -2.32. The molecule has 3 heteroatoms. The van der Waals surface area contributed by atoms with E-state index in [1.165, 1.54) is 38.5 Å². The highest BCUT2D eigenvalue weighted by molar-refractivity contribution is 5.75. The van der Waals surface area contributed by atoms with Crippen LogP contribution in [0.15, 0.2) is 0 Å². The molecule has 19 heavy (non-hydrogen) atoms. The fourth-order valence-corrected chi connectivity index (χ4v) is 2.80. The highest BCUT2D eigenvalue weighted by atomic mass is 16.1. The van der Waals surface area contributed by atoms with Gasteiger partial charge in [-0.15, -0.1) is 0 Å². The van der Waals surface area contributed by atoms with E-state index >= 15 is 0 Å². The zero-order valence-electron chi connectivity index (χ0n) is 12.8. The molecule has 1 saturated heterocycles. The summed E-state index contributed by atoms with van der Waals surface area (Å²) < 4.78 is 0. The van der Waals surface area contributed by atoms with Crippen LogP contribution in [0.4, 0.5) is 0 Å². The van der Waals surface area contributed by atoms with Crippen molar-refractivity contribution in [3.05, 3.63) is 0 Å². The van der Waals surface area contributed by atoms with Gasteiger partial charge in [0.1, 0.15) is 0 Å². The minimum absolute atomic E-state index is 0.250. The minimum Gasteiger partial charge on any atom is -0.356 e. The molecule has 0 radical (unpaired) electrons. The van der Waals surface area contributed by atoms with Gasteiger partial charge < -0.3 is 10.6 Å². The number of rotatable bonds is 9. The lowest BCUT2D eigenvalue weighted by atomic mass is 9.94. The number of piperidine rings is 1. The maximum Gasteiger partial charge on any atom is 0.220 e. The van der Waals surface area contributed by atoms with Gasteiger partial charge in [-0.3, -0.25) is 4.79 Å². The van der Waals surface area contributed by atoms with Crippen LogP contribution in [0.25, 0.3) is 0 Å². The van der Waals surface area contributed by atoms with Gasteiger partial charge in [-0.05, 0) is 50.6 Å². The van der Waals surface area contributed by atoms with Crippen LogP contribution in [0.3, 0.4) is 0 Å². The topological polar surface area (TPSA) is 41.1 Å². The zero-order valence-corrected chi connectivity index (χ0v) is 12.8. The predicted octanol–water partition coefficient (Wildman–Crippen LogP) is 3.10. The van der Waals surface area contributed by atoms with Gasteiger partial charge in [-0.25, -0.2) is 0 Å². The molecule has 0 bridgehead atoms. The van der Waals surface area contributed by atoms with E-state index in [1.54, 1.807) is 0 Å². The quantitative estimate of drug-likeness (QED) is 0.674. The van der Waals surface area contributed by atoms with Crippen molar-refractivity contribution in [3.8, 4) is 0 Å². The lowest BCUT2D eigenvalue weighted by Gasteiger charge is -2.22. The van der Waals surface area contributed by atoms with Crippen LogP contribution < -0.4 is 10.6 Å². The number of unbranched alkanes of at least 4 members (excludes halogenated alkanes) is 1. The molecule has 1 aliphatic rings. The van der Waals surface area contributed by atoms with Crippen LogP contribution in [0.5, 0.6) is 0 Å². The van der Waals surface area contributed by atoms with Gasteiger partial charge in [0.25, 0.3) is 0 Å². The molecule has 0 aliphatic carbocycles. The normalized spacial score (nSPS) is 21.1. The summed E-state index contributed by atoms with van der Waals surface area (Å²) >= 11 is 0. The monoisotopic (exact) mass is 268 g/mol. The van der Waals surface area contributed by atoms with E-state index in [2.05, 4.69) is 24.5 Å². The van der Waals surface area contributed by atoms with E-state index in [0.29, 0.717) is 18.3 Å². The third-order valence-corrected chi connectivity index (χ3v) is 4.31. The maximum atomic E-state index is 11.8. The summed E-state index contributed by atoms with van der Waals surface area (Å²) in [5.41, 5.74) is 0. The van der Waals surface area contributed by atoms with Gasteiger partial charge in [0.15, 0.2) is 0 Å². The van der Waals surface area contributed by atoms with Gasteiger partial charge in [-0.2, -0.15) is 0 Å². The van der Waals surface area contributed by atoms with Gasteiger partial charge in [0.05, 0.1) is 0 Å². The molecule has 1 heterocycles. The lowest BCUT2D eigenvalue weighted by molar-refractivity contribution is -0.121. The smallest absolute Gasteiger partial charge is 0.220 e. The Labute approximate surface area is 118 Å². The van der Waals surface area contributed by atoms with Crippen LogP contribution >= 0.6 is 0 Å². The molecule has 0 saturated carbocycles. The van der Waals surface area contributed by atoms with Crippen LogP contribution in [0.1, 0.15) is 65.2 Å². The average molecular weight is 268 g/mol. The summed E-state index contributed by atoms with van der Waals surface area (Å²) in [6, 6.07) is 0. The Morgan fingerprint density at radius 1 is 1.42 bits per heavy atom. The fourth-order valence-electron chi connectivity index (χ4n) is 2.80. The zero-order chi connectivity index (χ0) is 13.9. The molecule has 112 valence electrons. The van der Waals surface area contributed by atoms with Crippen molar-refractivity contribution in [2.24, 2.45) is 11.8 Å². The molecule has 2 atom stereocenters. The minimum atomic E-state index is 0.250. The fraction of sp³-hybridized carbons (Fsp3) is 0.938. The standard InChI is InChI=1S/C16H32N2O/c1-3-5-7-14(4-2)13-18-16(19)10-9-15-8-6-11-17-12-15/h14-15,17H,3-13H2,1-2H3,(H,18,19). The number of carbonyl (C=O) groups excluding carboxylic acids is 1. The second kappa shape index (κ2) is 10.2. The number of carbonyl (C=O) groups is 1. The SMILES string of the molecule is CCCCC(CC)CNC(=O)CCC1CCCNC1. The molecule has 0 aromatic carbocycles. The van der Waals surface area contributed by atoms with E-state index in [9.17, 15) is 4.79 Å². The summed E-state index contributed by atoms with van der Waals surface area (Å²) in [5.74, 6) is 1.63. The number of amides is 1. The Bertz CT molecular complexity index is 237. The average Bonchev–Trinajstić information content (AvgIpc) is 2.46. The van der Waals surface area contributed by atoms with Gasteiger partial charge in [0.2, 0.25) is 5.91 Å². The second-order valence-electron chi connectivity index (χ2n) is 5.97. The van der Waals surface area contributed by atoms with Crippen molar-refractivity contribution < 1.29 is 4.79 Å². The number of hydrogen-bond donors (Lipinski definition) is 2. The Balaban J connectivity index is 2.08. The van der Waals surface area contributed by atoms with E-state index in [0.717, 1.165) is 26.1 Å². The number of hydrogen-bond acceptors (Lipinski definition) is 2. The van der Waals surface area contributed by atoms with E-state index < -0.39 is 0 Å². The third-order valence-electron chi connectivity index (χ3n) is 4.31. The molecule has 1 aliphatic heterocycles. The van der Waals surface area contributed by atoms with Crippen molar-refractivity contribution in [3.63, 3.8) is 0 Å². The first-order valence-electron chi connectivity index (χ1n) is 8.23. The molecule has 0 aromatic heterocycles. The van der Waals surface area contributed by atoms with Gasteiger partial charge >= 0.3 is 0 Å². The first-order chi connectivity index (χ1) is 9.26. The van der Waals surface area contributed by atoms with Crippen molar-refractivity contribution in [2.45, 2.75) is 65.2 Å². The van der Waals surface area contributed by atoms with Crippen LogP contribution in [0, 0.1) is 11.8 Å². The van der Waals surface area contributed by atoms with E-state index in [1.807, 2.05) is 0 Å². The third kappa shape index (κ3) is 7.56. The van der Waals surface area contributed by atoms with Crippen molar-refractivity contribution in [1.29, 1.82) is 0 Å². The van der Waals surface area contributed by atoms with Gasteiger partial charge in [0, 0.05) is 13.0 Å². The van der Waals surface area contributed by atoms with E-state index in [-0.39, 0.29) is 5.91 Å². The molecule has 0 spiro atoms. The molecular formula is C16H32N2O. The Kier molecular flexibility index (Phi) is 8.89. The molecular weight excluding hydrogens is 236 g/mol. The highest BCUT2D eigenvalue weighted by Gasteiger charge is 2.15. The summed E-state index contributed by atoms with van der Waals surface area (Å²) in [4.78, 5) is 11.8. The van der Waals surface area contributed by atoms with Crippen molar-refractivity contribution in [1.82, 2.24) is 10.6 Å². The number of nitrogens with one attached hydrogen (secondary N) is 2. The first-order valence-corrected chi connectivity index (χ1v) is 8.23. The Morgan fingerprint density at radius 2 is 2.26 bits per heavy atom. The summed E-state index contributed by atoms with van der Waals surface area (Å²) in [5, 5.41) is 6.53. The maximum absolute atomic E-state index is 11.8. The largest absolute Gasteiger partial charge is 0.356 e. The molecule has 0 aromatic rings. The van der Waals surface area contributed by atoms with Crippen LogP contribution in [-0.2, 0) is 4.79 Å². The molecule has 1 rings (SSSR count). The second-order valence-corrected chi connectivity index (χ2v) is 5.97. The Hall–Kier alpha value is -0.570. The van der Waals surface area contributed by atoms with E-state index in [4.69, 9.17) is 0 Å². The van der Waals surface area contributed by atoms with Crippen LogP contribution in [-0.4, -0.2) is 25.5 Å².